The molecule has 1 saturated heterocycles. The van der Waals surface area contributed by atoms with Gasteiger partial charge < -0.3 is 9.85 Å². The lowest BCUT2D eigenvalue weighted by molar-refractivity contribution is -0.865. The van der Waals surface area contributed by atoms with Crippen molar-refractivity contribution in [2.24, 2.45) is 0 Å². The molecular weight excluding hydrogens is 322 g/mol. The molecule has 1 heterocycles. The molecule has 1 atom stereocenters. The van der Waals surface area contributed by atoms with E-state index in [0.717, 1.165) is 36.2 Å². The van der Waals surface area contributed by atoms with Gasteiger partial charge in [0, 0.05) is 25.2 Å². The minimum atomic E-state index is -0.152. The molecular formula is C22H23N3O. The Morgan fingerprint density at radius 2 is 1.73 bits per heavy atom. The number of benzene rings is 2. The largest absolute Gasteiger partial charge is 0.633 e. The first kappa shape index (κ1) is 17.0. The number of hydrogen-bond acceptors (Lipinski definition) is 3. The van der Waals surface area contributed by atoms with Gasteiger partial charge in [-0.1, -0.05) is 48.5 Å². The van der Waals surface area contributed by atoms with Gasteiger partial charge in [0.1, 0.15) is 0 Å². The quantitative estimate of drug-likeness (QED) is 0.451. The maximum atomic E-state index is 12.3. The van der Waals surface area contributed by atoms with Gasteiger partial charge in [0.2, 0.25) is 0 Å². The van der Waals surface area contributed by atoms with Crippen molar-refractivity contribution in [3.8, 4) is 6.07 Å². The Kier molecular flexibility index (Phi) is 4.37. The second kappa shape index (κ2) is 6.69. The number of hydroxylamine groups is 3. The number of hydrogen-bond donors (Lipinski definition) is 0. The van der Waals surface area contributed by atoms with E-state index in [1.165, 1.54) is 11.1 Å². The van der Waals surface area contributed by atoms with Gasteiger partial charge in [-0.15, -0.1) is 0 Å². The van der Waals surface area contributed by atoms with Crippen LogP contribution in [0.15, 0.2) is 54.6 Å². The summed E-state index contributed by atoms with van der Waals surface area (Å²) in [6, 6.07) is 19.2. The highest BCUT2D eigenvalue weighted by molar-refractivity contribution is 5.85. The summed E-state index contributed by atoms with van der Waals surface area (Å²) in [5.41, 5.74) is 5.80. The van der Waals surface area contributed by atoms with Crippen LogP contribution in [-0.4, -0.2) is 42.8 Å². The Morgan fingerprint density at radius 1 is 1.08 bits per heavy atom. The van der Waals surface area contributed by atoms with Crippen molar-refractivity contribution in [3.63, 3.8) is 0 Å². The van der Waals surface area contributed by atoms with Crippen molar-refractivity contribution in [3.05, 3.63) is 82.1 Å². The van der Waals surface area contributed by atoms with Gasteiger partial charge in [-0.3, -0.25) is 4.90 Å². The molecule has 4 nitrogen and oxygen atoms in total. The Labute approximate surface area is 154 Å². The number of quaternary nitrogens is 1. The summed E-state index contributed by atoms with van der Waals surface area (Å²) in [5.74, 6) is 0. The maximum absolute atomic E-state index is 12.3. The lowest BCUT2D eigenvalue weighted by Crippen LogP contribution is -2.54. The number of likely N-dealkylation sites (N-methyl/N-ethyl adjacent to an activating group) is 1. The highest BCUT2D eigenvalue weighted by Crippen LogP contribution is 2.40. The van der Waals surface area contributed by atoms with Gasteiger partial charge in [-0.25, -0.2) is 0 Å². The predicted molar refractivity (Wildman–Crippen MR) is 103 cm³/mol. The molecule has 132 valence electrons. The number of rotatable bonds is 1. The van der Waals surface area contributed by atoms with Crippen molar-refractivity contribution in [2.75, 3.05) is 33.2 Å². The summed E-state index contributed by atoms with van der Waals surface area (Å²) < 4.78 is -0.152. The molecule has 0 amide bonds. The van der Waals surface area contributed by atoms with Crippen LogP contribution in [0.1, 0.15) is 28.3 Å². The van der Waals surface area contributed by atoms with Crippen LogP contribution < -0.4 is 0 Å². The summed E-state index contributed by atoms with van der Waals surface area (Å²) in [5, 5.41) is 21.6. The first-order valence-corrected chi connectivity index (χ1v) is 9.16. The summed E-state index contributed by atoms with van der Waals surface area (Å²) in [7, 11) is 1.77. The zero-order valence-corrected chi connectivity index (χ0v) is 15.1. The molecule has 2 aromatic carbocycles. The smallest absolute Gasteiger partial charge is 0.0918 e. The standard InChI is InChI=1S/C22H23N3O/c1-25(26)14-12-24(13-15-25)22-16-17-6-2-3-7-18(17)20(10-11-23)19-8-4-5-9-21(19)22/h2-10,22H,12-16H2,1H3/b20-10-. The molecule has 0 aromatic heterocycles. The van der Waals surface area contributed by atoms with Crippen LogP contribution in [0.4, 0.5) is 0 Å². The molecule has 2 aromatic rings. The fourth-order valence-electron chi connectivity index (χ4n) is 4.22. The van der Waals surface area contributed by atoms with Gasteiger partial charge in [0.15, 0.2) is 0 Å². The molecule has 0 spiro atoms. The molecule has 1 unspecified atom stereocenters. The van der Waals surface area contributed by atoms with E-state index in [-0.39, 0.29) is 10.7 Å². The van der Waals surface area contributed by atoms with Gasteiger partial charge in [0.25, 0.3) is 0 Å². The van der Waals surface area contributed by atoms with Crippen LogP contribution in [0.3, 0.4) is 0 Å². The normalized spacial score (nSPS) is 23.6. The predicted octanol–water partition coefficient (Wildman–Crippen LogP) is 3.50. The van der Waals surface area contributed by atoms with Gasteiger partial charge >= 0.3 is 0 Å². The van der Waals surface area contributed by atoms with Gasteiger partial charge in [-0.05, 0) is 34.2 Å². The van der Waals surface area contributed by atoms with Crippen molar-refractivity contribution in [1.29, 1.82) is 5.26 Å². The molecule has 0 saturated carbocycles. The van der Waals surface area contributed by atoms with Crippen molar-refractivity contribution in [2.45, 2.75) is 12.5 Å². The second-order valence-electron chi connectivity index (χ2n) is 7.43. The summed E-state index contributed by atoms with van der Waals surface area (Å²) >= 11 is 0. The minimum Gasteiger partial charge on any atom is -0.633 e. The number of fused-ring (bicyclic) bond motifs is 2. The van der Waals surface area contributed by atoms with Crippen molar-refractivity contribution in [1.82, 2.24) is 4.90 Å². The summed E-state index contributed by atoms with van der Waals surface area (Å²) in [4.78, 5) is 2.45. The molecule has 4 heteroatoms. The third-order valence-corrected chi connectivity index (χ3v) is 5.70. The average molecular weight is 345 g/mol. The molecule has 0 bridgehead atoms. The van der Waals surface area contributed by atoms with E-state index >= 15 is 0 Å². The summed E-state index contributed by atoms with van der Waals surface area (Å²) in [6.45, 7) is 2.86. The molecule has 1 aliphatic heterocycles. The van der Waals surface area contributed by atoms with E-state index in [4.69, 9.17) is 0 Å². The number of nitriles is 1. The fourth-order valence-corrected chi connectivity index (χ4v) is 4.22. The number of allylic oxidation sites excluding steroid dienone is 1. The van der Waals surface area contributed by atoms with E-state index < -0.39 is 0 Å². The monoisotopic (exact) mass is 345 g/mol. The molecule has 1 fully saturated rings. The Balaban J connectivity index is 1.83. The molecule has 0 N–H and O–H groups in total. The number of piperazine rings is 1. The maximum Gasteiger partial charge on any atom is 0.0918 e. The van der Waals surface area contributed by atoms with Crippen LogP contribution in [0.25, 0.3) is 5.57 Å². The van der Waals surface area contributed by atoms with Crippen LogP contribution in [0, 0.1) is 16.5 Å². The average Bonchev–Trinajstić information content (AvgIpc) is 2.78. The highest BCUT2D eigenvalue weighted by Gasteiger charge is 2.32. The molecule has 26 heavy (non-hydrogen) atoms. The minimum absolute atomic E-state index is 0.152. The Morgan fingerprint density at radius 3 is 2.46 bits per heavy atom. The van der Waals surface area contributed by atoms with E-state index in [1.54, 1.807) is 13.1 Å². The SMILES string of the molecule is C[N+]1([O-])CCN(C2Cc3ccccc3/C(=C/C#N)c3ccccc32)CC1. The molecule has 1 aliphatic carbocycles. The first-order chi connectivity index (χ1) is 12.6. The lowest BCUT2D eigenvalue weighted by atomic mass is 9.93. The van der Waals surface area contributed by atoms with Gasteiger partial charge in [-0.2, -0.15) is 5.26 Å². The van der Waals surface area contributed by atoms with E-state index in [0.29, 0.717) is 13.1 Å². The second-order valence-corrected chi connectivity index (χ2v) is 7.43. The van der Waals surface area contributed by atoms with E-state index in [9.17, 15) is 10.5 Å². The highest BCUT2D eigenvalue weighted by atomic mass is 16.5. The molecule has 4 rings (SSSR count). The third kappa shape index (κ3) is 3.06. The Bertz CT molecular complexity index is 884. The van der Waals surface area contributed by atoms with Gasteiger partial charge in [0.05, 0.1) is 26.2 Å². The Hall–Kier alpha value is -2.45. The number of nitrogens with zero attached hydrogens (tertiary/aromatic N) is 3. The van der Waals surface area contributed by atoms with Crippen LogP contribution in [0.2, 0.25) is 0 Å². The zero-order chi connectivity index (χ0) is 18.1. The topological polar surface area (TPSA) is 50.1 Å². The molecule has 2 aliphatic rings. The van der Waals surface area contributed by atoms with E-state index in [1.807, 2.05) is 12.1 Å². The van der Waals surface area contributed by atoms with Crippen molar-refractivity contribution < 1.29 is 4.65 Å². The van der Waals surface area contributed by atoms with Crippen molar-refractivity contribution >= 4 is 5.57 Å². The van der Waals surface area contributed by atoms with Crippen LogP contribution in [-0.2, 0) is 6.42 Å². The van der Waals surface area contributed by atoms with Crippen LogP contribution >= 0.6 is 0 Å². The summed E-state index contributed by atoms with van der Waals surface area (Å²) in [6.07, 6.45) is 2.57. The molecule has 0 radical (unpaired) electrons. The van der Waals surface area contributed by atoms with Crippen LogP contribution in [0.5, 0.6) is 0 Å². The lowest BCUT2D eigenvalue weighted by Gasteiger charge is -2.47. The van der Waals surface area contributed by atoms with E-state index in [2.05, 4.69) is 47.4 Å². The third-order valence-electron chi connectivity index (χ3n) is 5.70. The zero-order valence-electron chi connectivity index (χ0n) is 15.1. The first-order valence-electron chi connectivity index (χ1n) is 9.16. The fraction of sp³-hybridized carbons (Fsp3) is 0.318.